The zero-order chi connectivity index (χ0) is 14.8. The Hall–Kier alpha value is -1.18. The van der Waals surface area contributed by atoms with E-state index in [1.807, 2.05) is 0 Å². The Morgan fingerprint density at radius 2 is 1.90 bits per heavy atom. The molecule has 0 radical (unpaired) electrons. The molecule has 1 aromatic carbocycles. The maximum absolute atomic E-state index is 13.8. The number of sulfonamides is 1. The van der Waals surface area contributed by atoms with Crippen LogP contribution in [0, 0.1) is 5.82 Å². The van der Waals surface area contributed by atoms with Crippen LogP contribution in [-0.2, 0) is 10.0 Å². The van der Waals surface area contributed by atoms with Crippen molar-refractivity contribution < 1.29 is 17.5 Å². The number of hydrogen-bond donors (Lipinski definition) is 2. The van der Waals surface area contributed by atoms with Crippen molar-refractivity contribution in [2.75, 3.05) is 6.61 Å². The maximum Gasteiger partial charge on any atom is 0.238 e. The minimum atomic E-state index is -3.91. The summed E-state index contributed by atoms with van der Waals surface area (Å²) in [6.07, 6.45) is 4.96. The quantitative estimate of drug-likeness (QED) is 0.881. The lowest BCUT2D eigenvalue weighted by Gasteiger charge is -2.33. The number of ether oxygens (including phenoxy) is 1. The molecule has 20 heavy (non-hydrogen) atoms. The SMILES string of the molecule is NC1(COc2ccc(S(N)(=O)=O)cc2F)CCCCC1. The molecule has 0 unspecified atom stereocenters. The molecule has 0 spiro atoms. The third-order valence-corrected chi connectivity index (χ3v) is 4.51. The first-order chi connectivity index (χ1) is 9.30. The summed E-state index contributed by atoms with van der Waals surface area (Å²) in [7, 11) is -3.91. The molecule has 1 aromatic rings. The van der Waals surface area contributed by atoms with Gasteiger partial charge in [0, 0.05) is 0 Å². The normalized spacial score (nSPS) is 18.8. The smallest absolute Gasteiger partial charge is 0.238 e. The van der Waals surface area contributed by atoms with Crippen LogP contribution in [0.4, 0.5) is 4.39 Å². The second kappa shape index (κ2) is 5.67. The Balaban J connectivity index is 2.07. The van der Waals surface area contributed by atoms with Crippen molar-refractivity contribution in [2.24, 2.45) is 10.9 Å². The summed E-state index contributed by atoms with van der Waals surface area (Å²) in [5.41, 5.74) is 5.77. The highest BCUT2D eigenvalue weighted by atomic mass is 32.2. The summed E-state index contributed by atoms with van der Waals surface area (Å²) in [5.74, 6) is -0.760. The van der Waals surface area contributed by atoms with Gasteiger partial charge in [-0.25, -0.2) is 17.9 Å². The van der Waals surface area contributed by atoms with Gasteiger partial charge >= 0.3 is 0 Å². The first kappa shape index (κ1) is 15.2. The standard InChI is InChI=1S/C13H19FN2O3S/c14-11-8-10(20(16,17)18)4-5-12(11)19-9-13(15)6-2-1-3-7-13/h4-5,8H,1-3,6-7,9,15H2,(H2,16,17,18). The van der Waals surface area contributed by atoms with Crippen molar-refractivity contribution in [2.45, 2.75) is 42.5 Å². The largest absolute Gasteiger partial charge is 0.489 e. The van der Waals surface area contributed by atoms with Crippen LogP contribution < -0.4 is 15.6 Å². The number of nitrogens with two attached hydrogens (primary N) is 2. The summed E-state index contributed by atoms with van der Waals surface area (Å²) in [4.78, 5) is -0.275. The number of primary sulfonamides is 1. The molecule has 0 saturated heterocycles. The lowest BCUT2D eigenvalue weighted by molar-refractivity contribution is 0.169. The Labute approximate surface area is 118 Å². The molecule has 7 heteroatoms. The van der Waals surface area contributed by atoms with E-state index in [4.69, 9.17) is 15.6 Å². The Morgan fingerprint density at radius 3 is 2.45 bits per heavy atom. The molecule has 0 heterocycles. The fourth-order valence-corrected chi connectivity index (χ4v) is 2.92. The van der Waals surface area contributed by atoms with Crippen LogP contribution in [-0.4, -0.2) is 20.6 Å². The molecule has 0 aromatic heterocycles. The van der Waals surface area contributed by atoms with Crippen LogP contribution in [0.15, 0.2) is 23.1 Å². The lowest BCUT2D eigenvalue weighted by atomic mass is 9.83. The van der Waals surface area contributed by atoms with E-state index >= 15 is 0 Å². The van der Waals surface area contributed by atoms with Gasteiger partial charge in [0.1, 0.15) is 6.61 Å². The Morgan fingerprint density at radius 1 is 1.25 bits per heavy atom. The van der Waals surface area contributed by atoms with Gasteiger partial charge in [-0.05, 0) is 31.0 Å². The minimum absolute atomic E-state index is 0.00667. The second-order valence-corrected chi connectivity index (χ2v) is 6.91. The summed E-state index contributed by atoms with van der Waals surface area (Å²) in [6, 6.07) is 3.34. The zero-order valence-corrected chi connectivity index (χ0v) is 12.0. The van der Waals surface area contributed by atoms with Crippen molar-refractivity contribution in [1.29, 1.82) is 0 Å². The van der Waals surface area contributed by atoms with Crippen molar-refractivity contribution in [3.63, 3.8) is 0 Å². The predicted molar refractivity (Wildman–Crippen MR) is 73.3 cm³/mol. The number of halogens is 1. The van der Waals surface area contributed by atoms with Gasteiger partial charge in [0.15, 0.2) is 11.6 Å². The molecule has 1 aliphatic rings. The fraction of sp³-hybridized carbons (Fsp3) is 0.538. The van der Waals surface area contributed by atoms with E-state index in [2.05, 4.69) is 0 Å². The van der Waals surface area contributed by atoms with Gasteiger partial charge in [0.05, 0.1) is 10.4 Å². The second-order valence-electron chi connectivity index (χ2n) is 5.35. The van der Waals surface area contributed by atoms with Gasteiger partial charge in [0.25, 0.3) is 0 Å². The molecule has 0 atom stereocenters. The first-order valence-electron chi connectivity index (χ1n) is 6.54. The molecular weight excluding hydrogens is 283 g/mol. The van der Waals surface area contributed by atoms with Crippen molar-refractivity contribution >= 4 is 10.0 Å². The van der Waals surface area contributed by atoms with Crippen molar-refractivity contribution in [3.8, 4) is 5.75 Å². The van der Waals surface area contributed by atoms with Crippen LogP contribution >= 0.6 is 0 Å². The fourth-order valence-electron chi connectivity index (χ4n) is 2.40. The number of rotatable bonds is 4. The molecule has 0 aliphatic heterocycles. The predicted octanol–water partition coefficient (Wildman–Crippen LogP) is 1.51. The van der Waals surface area contributed by atoms with Gasteiger partial charge < -0.3 is 10.5 Å². The summed E-state index contributed by atoms with van der Waals surface area (Å²) in [6.45, 7) is 0.221. The molecular formula is C13H19FN2O3S. The van der Waals surface area contributed by atoms with Gasteiger partial charge in [-0.2, -0.15) is 0 Å². The highest BCUT2D eigenvalue weighted by molar-refractivity contribution is 7.89. The summed E-state index contributed by atoms with van der Waals surface area (Å²) >= 11 is 0. The Kier molecular flexibility index (Phi) is 4.31. The van der Waals surface area contributed by atoms with E-state index in [-0.39, 0.29) is 17.3 Å². The summed E-state index contributed by atoms with van der Waals surface area (Å²) < 4.78 is 41.4. The highest BCUT2D eigenvalue weighted by Gasteiger charge is 2.28. The monoisotopic (exact) mass is 302 g/mol. The average molecular weight is 302 g/mol. The zero-order valence-electron chi connectivity index (χ0n) is 11.1. The number of benzene rings is 1. The van der Waals surface area contributed by atoms with E-state index in [1.165, 1.54) is 12.1 Å². The molecule has 1 saturated carbocycles. The molecule has 1 fully saturated rings. The van der Waals surface area contributed by atoms with Crippen molar-refractivity contribution in [3.05, 3.63) is 24.0 Å². The van der Waals surface area contributed by atoms with Crippen LogP contribution in [0.5, 0.6) is 5.75 Å². The van der Waals surface area contributed by atoms with E-state index in [0.717, 1.165) is 38.2 Å². The molecule has 0 bridgehead atoms. The van der Waals surface area contributed by atoms with E-state index in [9.17, 15) is 12.8 Å². The van der Waals surface area contributed by atoms with Crippen molar-refractivity contribution in [1.82, 2.24) is 0 Å². The third-order valence-electron chi connectivity index (χ3n) is 3.60. The van der Waals surface area contributed by atoms with Gasteiger partial charge in [-0.15, -0.1) is 0 Å². The van der Waals surface area contributed by atoms with Gasteiger partial charge in [0.2, 0.25) is 10.0 Å². The highest BCUT2D eigenvalue weighted by Crippen LogP contribution is 2.28. The van der Waals surface area contributed by atoms with E-state index < -0.39 is 21.4 Å². The molecule has 4 N–H and O–H groups in total. The molecule has 1 aliphatic carbocycles. The topological polar surface area (TPSA) is 95.4 Å². The molecule has 112 valence electrons. The van der Waals surface area contributed by atoms with Gasteiger partial charge in [-0.3, -0.25) is 0 Å². The Bertz CT molecular complexity index is 583. The maximum atomic E-state index is 13.8. The third kappa shape index (κ3) is 3.68. The number of hydrogen-bond acceptors (Lipinski definition) is 4. The van der Waals surface area contributed by atoms with Crippen LogP contribution in [0.3, 0.4) is 0 Å². The summed E-state index contributed by atoms with van der Waals surface area (Å²) in [5, 5.41) is 4.93. The minimum Gasteiger partial charge on any atom is -0.489 e. The lowest BCUT2D eigenvalue weighted by Crippen LogP contribution is -2.47. The first-order valence-corrected chi connectivity index (χ1v) is 8.09. The molecule has 5 nitrogen and oxygen atoms in total. The van der Waals surface area contributed by atoms with Crippen LogP contribution in [0.25, 0.3) is 0 Å². The van der Waals surface area contributed by atoms with Gasteiger partial charge in [-0.1, -0.05) is 19.3 Å². The van der Waals surface area contributed by atoms with E-state index in [1.54, 1.807) is 0 Å². The van der Waals surface area contributed by atoms with Crippen LogP contribution in [0.1, 0.15) is 32.1 Å². The van der Waals surface area contributed by atoms with Crippen LogP contribution in [0.2, 0.25) is 0 Å². The molecule has 0 amide bonds. The van der Waals surface area contributed by atoms with E-state index in [0.29, 0.717) is 0 Å². The molecule has 2 rings (SSSR count). The average Bonchev–Trinajstić information content (AvgIpc) is 2.37.